The third kappa shape index (κ3) is 2.25. The lowest BCUT2D eigenvalue weighted by atomic mass is 10.2. The van der Waals surface area contributed by atoms with Crippen LogP contribution in [0.5, 0.6) is 0 Å². The summed E-state index contributed by atoms with van der Waals surface area (Å²) in [5.41, 5.74) is 1.99. The van der Waals surface area contributed by atoms with Gasteiger partial charge in [-0.3, -0.25) is 10.1 Å². The molecule has 1 fully saturated rings. The third-order valence-electron chi connectivity index (χ3n) is 3.91. The van der Waals surface area contributed by atoms with Gasteiger partial charge in [0.2, 0.25) is 5.96 Å². The first-order valence-corrected chi connectivity index (χ1v) is 7.58. The fourth-order valence-electron chi connectivity index (χ4n) is 2.80. The molecule has 2 aliphatic heterocycles. The van der Waals surface area contributed by atoms with Crippen LogP contribution in [-0.2, 0) is 4.79 Å². The van der Waals surface area contributed by atoms with E-state index in [1.165, 1.54) is 0 Å². The van der Waals surface area contributed by atoms with Crippen molar-refractivity contribution in [2.75, 3.05) is 13.1 Å². The second-order valence-corrected chi connectivity index (χ2v) is 5.84. The van der Waals surface area contributed by atoms with Gasteiger partial charge in [-0.25, -0.2) is 9.98 Å². The number of nitrogens with zero attached hydrogens (tertiary/aromatic N) is 3. The maximum atomic E-state index is 12.1. The molecule has 4 heterocycles. The first-order valence-electron chi connectivity index (χ1n) is 7.20. The molecule has 4 rings (SSSR count). The van der Waals surface area contributed by atoms with Crippen LogP contribution in [0.15, 0.2) is 29.1 Å². The fourth-order valence-corrected chi connectivity index (χ4v) is 2.96. The minimum Gasteiger partial charge on any atom is -0.346 e. The summed E-state index contributed by atoms with van der Waals surface area (Å²) in [6, 6.07) is 1.82. The second-order valence-electron chi connectivity index (χ2n) is 5.41. The van der Waals surface area contributed by atoms with Crippen molar-refractivity contribution in [1.82, 2.24) is 20.2 Å². The molecule has 0 atom stereocenters. The number of amides is 1. The van der Waals surface area contributed by atoms with E-state index in [4.69, 9.17) is 11.6 Å². The van der Waals surface area contributed by atoms with Gasteiger partial charge < -0.3 is 9.88 Å². The Morgan fingerprint density at radius 2 is 2.14 bits per heavy atom. The number of hydrogen-bond donors (Lipinski definition) is 2. The number of aromatic amines is 1. The number of likely N-dealkylation sites (tertiary alicyclic amines) is 1. The lowest BCUT2D eigenvalue weighted by molar-refractivity contribution is -0.115. The Morgan fingerprint density at radius 3 is 2.95 bits per heavy atom. The van der Waals surface area contributed by atoms with Crippen molar-refractivity contribution in [1.29, 1.82) is 0 Å². The number of aromatic nitrogens is 2. The molecule has 0 saturated carbocycles. The van der Waals surface area contributed by atoms with E-state index in [9.17, 15) is 4.79 Å². The van der Waals surface area contributed by atoms with Gasteiger partial charge in [-0.1, -0.05) is 11.6 Å². The van der Waals surface area contributed by atoms with Gasteiger partial charge >= 0.3 is 0 Å². The first-order chi connectivity index (χ1) is 10.7. The van der Waals surface area contributed by atoms with Crippen LogP contribution in [0.2, 0.25) is 5.02 Å². The number of carbonyl (C=O) groups excluding carboxylic acids is 1. The van der Waals surface area contributed by atoms with Crippen molar-refractivity contribution in [2.24, 2.45) is 4.99 Å². The molecule has 112 valence electrons. The highest BCUT2D eigenvalue weighted by molar-refractivity contribution is 6.31. The number of aliphatic imine (C=N–C) groups is 1. The van der Waals surface area contributed by atoms with E-state index in [0.29, 0.717) is 16.7 Å². The molecule has 2 aliphatic rings. The van der Waals surface area contributed by atoms with E-state index in [1.54, 1.807) is 18.5 Å². The molecule has 0 aliphatic carbocycles. The summed E-state index contributed by atoms with van der Waals surface area (Å²) in [6.07, 6.45) is 7.43. The molecule has 0 unspecified atom stereocenters. The number of H-pyrrole nitrogens is 1. The second kappa shape index (κ2) is 5.14. The van der Waals surface area contributed by atoms with Crippen molar-refractivity contribution < 1.29 is 4.79 Å². The standard InChI is InChI=1S/C15H14ClN5O/c16-10-6-11-9(7-17-13(11)18-8-10)5-12-14(22)20-15(19-12)21-3-1-2-4-21/h5-8H,1-4H2,(H,17,18)(H,19,20,22)/b12-5-. The number of carbonyl (C=O) groups is 1. The lowest BCUT2D eigenvalue weighted by Gasteiger charge is -2.15. The average Bonchev–Trinajstić information content (AvgIpc) is 3.21. The van der Waals surface area contributed by atoms with Crippen LogP contribution in [-0.4, -0.2) is 39.8 Å². The highest BCUT2D eigenvalue weighted by Crippen LogP contribution is 2.23. The third-order valence-corrected chi connectivity index (χ3v) is 4.12. The largest absolute Gasteiger partial charge is 0.346 e. The fraction of sp³-hybridized carbons (Fsp3) is 0.267. The van der Waals surface area contributed by atoms with Gasteiger partial charge in [0, 0.05) is 36.4 Å². The Bertz CT molecular complexity index is 816. The van der Waals surface area contributed by atoms with Crippen molar-refractivity contribution in [3.05, 3.63) is 34.7 Å². The molecule has 1 amide bonds. The zero-order valence-corrected chi connectivity index (χ0v) is 12.5. The van der Waals surface area contributed by atoms with Crippen LogP contribution in [0.1, 0.15) is 18.4 Å². The van der Waals surface area contributed by atoms with Crippen molar-refractivity contribution in [3.8, 4) is 0 Å². The van der Waals surface area contributed by atoms with Gasteiger partial charge in [-0.05, 0) is 25.0 Å². The van der Waals surface area contributed by atoms with Crippen LogP contribution >= 0.6 is 11.6 Å². The van der Waals surface area contributed by atoms with Gasteiger partial charge in [0.25, 0.3) is 5.91 Å². The van der Waals surface area contributed by atoms with E-state index in [2.05, 4.69) is 25.2 Å². The highest BCUT2D eigenvalue weighted by atomic mass is 35.5. The lowest BCUT2D eigenvalue weighted by Crippen LogP contribution is -2.38. The summed E-state index contributed by atoms with van der Waals surface area (Å²) >= 11 is 5.99. The molecule has 0 aromatic carbocycles. The van der Waals surface area contributed by atoms with E-state index in [1.807, 2.05) is 6.07 Å². The Morgan fingerprint density at radius 1 is 1.32 bits per heavy atom. The van der Waals surface area contributed by atoms with Crippen LogP contribution in [0.4, 0.5) is 0 Å². The number of hydrogen-bond acceptors (Lipinski definition) is 4. The van der Waals surface area contributed by atoms with Crippen LogP contribution < -0.4 is 5.32 Å². The molecule has 2 aromatic heterocycles. The van der Waals surface area contributed by atoms with Crippen molar-refractivity contribution >= 4 is 40.6 Å². The van der Waals surface area contributed by atoms with Crippen LogP contribution in [0.25, 0.3) is 17.1 Å². The maximum Gasteiger partial charge on any atom is 0.276 e. The van der Waals surface area contributed by atoms with Gasteiger partial charge in [0.05, 0.1) is 5.02 Å². The SMILES string of the molecule is O=C1NC(N2CCCC2)=N/C1=C\c1c[nH]c2ncc(Cl)cc12. The number of fused-ring (bicyclic) bond motifs is 1. The Balaban J connectivity index is 1.71. The summed E-state index contributed by atoms with van der Waals surface area (Å²) in [4.78, 5) is 25.9. The molecular weight excluding hydrogens is 302 g/mol. The average molecular weight is 316 g/mol. The molecule has 7 heteroatoms. The zero-order chi connectivity index (χ0) is 15.1. The molecule has 2 N–H and O–H groups in total. The molecule has 22 heavy (non-hydrogen) atoms. The summed E-state index contributed by atoms with van der Waals surface area (Å²) < 4.78 is 0. The molecule has 0 spiro atoms. The van der Waals surface area contributed by atoms with Crippen molar-refractivity contribution in [3.63, 3.8) is 0 Å². The normalized spacial score (nSPS) is 20.0. The smallest absolute Gasteiger partial charge is 0.276 e. The monoisotopic (exact) mass is 315 g/mol. The Kier molecular flexibility index (Phi) is 3.11. The van der Waals surface area contributed by atoms with Gasteiger partial charge in [-0.2, -0.15) is 0 Å². The van der Waals surface area contributed by atoms with Crippen molar-refractivity contribution in [2.45, 2.75) is 12.8 Å². The predicted octanol–water partition coefficient (Wildman–Crippen LogP) is 2.14. The summed E-state index contributed by atoms with van der Waals surface area (Å²) in [6.45, 7) is 1.89. The first kappa shape index (κ1) is 13.3. The summed E-state index contributed by atoms with van der Waals surface area (Å²) in [5, 5.41) is 4.27. The number of nitrogens with one attached hydrogen (secondary N) is 2. The molecule has 2 aromatic rings. The predicted molar refractivity (Wildman–Crippen MR) is 85.5 cm³/mol. The highest BCUT2D eigenvalue weighted by Gasteiger charge is 2.26. The van der Waals surface area contributed by atoms with E-state index < -0.39 is 0 Å². The van der Waals surface area contributed by atoms with Crippen LogP contribution in [0, 0.1) is 0 Å². The van der Waals surface area contributed by atoms with E-state index in [-0.39, 0.29) is 5.91 Å². The van der Waals surface area contributed by atoms with Gasteiger partial charge in [0.1, 0.15) is 11.3 Å². The Hall–Kier alpha value is -2.34. The minimum atomic E-state index is -0.175. The molecule has 6 nitrogen and oxygen atoms in total. The summed E-state index contributed by atoms with van der Waals surface area (Å²) in [5.74, 6) is 0.482. The van der Waals surface area contributed by atoms with E-state index >= 15 is 0 Å². The topological polar surface area (TPSA) is 73.4 Å². The molecule has 1 saturated heterocycles. The number of rotatable bonds is 1. The number of guanidine groups is 1. The maximum absolute atomic E-state index is 12.1. The number of halogens is 1. The number of pyridine rings is 1. The molecule has 0 radical (unpaired) electrons. The van der Waals surface area contributed by atoms with Gasteiger partial charge in [-0.15, -0.1) is 0 Å². The van der Waals surface area contributed by atoms with Gasteiger partial charge in [0.15, 0.2) is 0 Å². The minimum absolute atomic E-state index is 0.175. The Labute approximate surface area is 131 Å². The molecular formula is C15H14ClN5O. The van der Waals surface area contributed by atoms with E-state index in [0.717, 1.165) is 42.5 Å². The van der Waals surface area contributed by atoms with Crippen LogP contribution in [0.3, 0.4) is 0 Å². The zero-order valence-electron chi connectivity index (χ0n) is 11.8. The molecule has 0 bridgehead atoms. The summed E-state index contributed by atoms with van der Waals surface area (Å²) in [7, 11) is 0. The quantitative estimate of drug-likeness (QED) is 0.792.